The van der Waals surface area contributed by atoms with E-state index in [1.54, 1.807) is 31.2 Å². The molecule has 3 aromatic rings. The highest BCUT2D eigenvalue weighted by molar-refractivity contribution is 6.51. The summed E-state index contributed by atoms with van der Waals surface area (Å²) in [5.41, 5.74) is 0.554. The third-order valence-corrected chi connectivity index (χ3v) is 4.82. The lowest BCUT2D eigenvalue weighted by atomic mass is 9.95. The van der Waals surface area contributed by atoms with Crippen molar-refractivity contribution in [3.63, 3.8) is 0 Å². The summed E-state index contributed by atoms with van der Waals surface area (Å²) in [6, 6.07) is 12.1. The van der Waals surface area contributed by atoms with Crippen LogP contribution in [0.5, 0.6) is 0 Å². The Balaban J connectivity index is 1.95. The smallest absolute Gasteiger partial charge is 0.301 e. The Kier molecular flexibility index (Phi) is 4.68. The molecule has 146 valence electrons. The molecule has 1 aliphatic rings. The summed E-state index contributed by atoms with van der Waals surface area (Å²) in [5.74, 6) is -2.09. The van der Waals surface area contributed by atoms with Crippen molar-refractivity contribution in [1.82, 2.24) is 5.16 Å². The zero-order chi connectivity index (χ0) is 20.7. The molecule has 8 heteroatoms. The van der Waals surface area contributed by atoms with Crippen molar-refractivity contribution in [2.45, 2.75) is 13.0 Å². The van der Waals surface area contributed by atoms with Crippen molar-refractivity contribution < 1.29 is 23.6 Å². The molecule has 1 aliphatic heterocycles. The molecule has 29 heavy (non-hydrogen) atoms. The molecule has 1 amide bonds. The van der Waals surface area contributed by atoms with Gasteiger partial charge in [-0.15, -0.1) is 0 Å². The Labute approximate surface area is 169 Å². The maximum absolute atomic E-state index is 13.3. The molecule has 1 fully saturated rings. The average molecular weight is 413 g/mol. The van der Waals surface area contributed by atoms with E-state index in [1.807, 2.05) is 0 Å². The highest BCUT2D eigenvalue weighted by Gasteiger charge is 2.48. The van der Waals surface area contributed by atoms with Crippen LogP contribution < -0.4 is 4.90 Å². The quantitative estimate of drug-likeness (QED) is 0.391. The zero-order valence-corrected chi connectivity index (χ0v) is 15.9. The molecule has 0 unspecified atom stereocenters. The van der Waals surface area contributed by atoms with Gasteiger partial charge in [0.25, 0.3) is 5.78 Å². The molecular weight excluding hydrogens is 399 g/mol. The van der Waals surface area contributed by atoms with E-state index in [4.69, 9.17) is 16.1 Å². The van der Waals surface area contributed by atoms with Crippen LogP contribution in [-0.2, 0) is 9.59 Å². The molecule has 6 nitrogen and oxygen atoms in total. The molecule has 4 rings (SSSR count). The van der Waals surface area contributed by atoms with E-state index in [-0.39, 0.29) is 17.0 Å². The van der Waals surface area contributed by atoms with E-state index in [1.165, 1.54) is 18.2 Å². The van der Waals surface area contributed by atoms with E-state index in [0.29, 0.717) is 16.3 Å². The highest BCUT2D eigenvalue weighted by atomic mass is 35.5. The fourth-order valence-corrected chi connectivity index (χ4v) is 3.49. The molecular formula is C21H14ClFN2O4. The predicted molar refractivity (Wildman–Crippen MR) is 104 cm³/mol. The number of nitrogens with zero attached hydrogens (tertiary/aromatic N) is 2. The number of carbonyl (C=O) groups excluding carboxylic acids is 2. The number of Topliss-reactive ketones (excluding diaryl/α,β-unsaturated/α-hetero) is 1. The third-order valence-electron chi connectivity index (χ3n) is 4.59. The van der Waals surface area contributed by atoms with Crippen molar-refractivity contribution in [3.8, 4) is 0 Å². The molecule has 0 saturated carbocycles. The van der Waals surface area contributed by atoms with E-state index in [9.17, 15) is 19.1 Å². The van der Waals surface area contributed by atoms with Gasteiger partial charge in [-0.1, -0.05) is 28.9 Å². The fourth-order valence-electron chi connectivity index (χ4n) is 3.29. The lowest BCUT2D eigenvalue weighted by Gasteiger charge is -2.23. The van der Waals surface area contributed by atoms with Gasteiger partial charge in [0.15, 0.2) is 5.82 Å². The molecule has 1 aromatic heterocycles. The summed E-state index contributed by atoms with van der Waals surface area (Å²) in [7, 11) is 0. The molecule has 0 spiro atoms. The van der Waals surface area contributed by atoms with Crippen LogP contribution in [0.15, 0.2) is 64.7 Å². The van der Waals surface area contributed by atoms with Crippen molar-refractivity contribution >= 4 is 34.9 Å². The van der Waals surface area contributed by atoms with Gasteiger partial charge in [-0.05, 0) is 48.9 Å². The third kappa shape index (κ3) is 3.30. The van der Waals surface area contributed by atoms with E-state index < -0.39 is 29.3 Å². The summed E-state index contributed by atoms with van der Waals surface area (Å²) in [4.78, 5) is 26.9. The van der Waals surface area contributed by atoms with Crippen molar-refractivity contribution in [3.05, 3.63) is 87.9 Å². The number of hydrogen-bond donors (Lipinski definition) is 1. The fraction of sp³-hybridized carbons (Fsp3) is 0.0952. The number of carbonyl (C=O) groups is 2. The maximum atomic E-state index is 13.3. The number of anilines is 1. The van der Waals surface area contributed by atoms with Gasteiger partial charge >= 0.3 is 5.91 Å². The Hall–Kier alpha value is -3.45. The van der Waals surface area contributed by atoms with Gasteiger partial charge < -0.3 is 9.63 Å². The van der Waals surface area contributed by atoms with Gasteiger partial charge in [0.1, 0.15) is 17.3 Å². The number of benzene rings is 2. The number of aliphatic hydroxyl groups is 1. The number of rotatable bonds is 3. The lowest BCUT2D eigenvalue weighted by Crippen LogP contribution is -2.29. The molecule has 0 bridgehead atoms. The van der Waals surface area contributed by atoms with Crippen molar-refractivity contribution in [2.24, 2.45) is 0 Å². The first-order chi connectivity index (χ1) is 13.9. The van der Waals surface area contributed by atoms with Crippen LogP contribution in [0.4, 0.5) is 10.2 Å². The second kappa shape index (κ2) is 7.18. The first-order valence-corrected chi connectivity index (χ1v) is 9.00. The Bertz CT molecular complexity index is 1150. The minimum atomic E-state index is -0.983. The highest BCUT2D eigenvalue weighted by Crippen LogP contribution is 2.42. The van der Waals surface area contributed by atoms with Gasteiger partial charge in [0.2, 0.25) is 0 Å². The standard InChI is InChI=1S/C21H14ClFN2O4/c1-11-9-16(24-29-11)25-18(13-3-2-4-14(22)10-13)17(20(27)21(25)28)19(26)12-5-7-15(23)8-6-12/h2-10,18,26H,1H3/b19-17+/t18-/m1/s1. The summed E-state index contributed by atoms with van der Waals surface area (Å²) in [5, 5.41) is 15.1. The van der Waals surface area contributed by atoms with Gasteiger partial charge in [0.05, 0.1) is 11.6 Å². The molecule has 1 atom stereocenters. The van der Waals surface area contributed by atoms with Crippen LogP contribution in [-0.4, -0.2) is 22.0 Å². The molecule has 0 aliphatic carbocycles. The molecule has 1 saturated heterocycles. The van der Waals surface area contributed by atoms with E-state index in [0.717, 1.165) is 17.0 Å². The number of hydrogen-bond acceptors (Lipinski definition) is 5. The number of aromatic nitrogens is 1. The topological polar surface area (TPSA) is 83.6 Å². The zero-order valence-electron chi connectivity index (χ0n) is 15.1. The molecule has 1 N–H and O–H groups in total. The summed E-state index contributed by atoms with van der Waals surface area (Å²) < 4.78 is 18.3. The average Bonchev–Trinajstić information content (AvgIpc) is 3.23. The van der Waals surface area contributed by atoms with Crippen LogP contribution in [0.25, 0.3) is 5.76 Å². The van der Waals surface area contributed by atoms with Crippen LogP contribution >= 0.6 is 11.6 Å². The van der Waals surface area contributed by atoms with Crippen LogP contribution in [0.3, 0.4) is 0 Å². The van der Waals surface area contributed by atoms with Crippen molar-refractivity contribution in [2.75, 3.05) is 4.90 Å². The monoisotopic (exact) mass is 412 g/mol. The second-order valence-corrected chi connectivity index (χ2v) is 6.96. The normalized spacial score (nSPS) is 18.4. The van der Waals surface area contributed by atoms with Gasteiger partial charge in [-0.2, -0.15) is 0 Å². The number of ketones is 1. The minimum absolute atomic E-state index is 0.132. The maximum Gasteiger partial charge on any atom is 0.301 e. The SMILES string of the molecule is Cc1cc(N2C(=O)C(=O)/C(=C(/O)c3ccc(F)cc3)[C@H]2c2cccc(Cl)c2)no1. The van der Waals surface area contributed by atoms with Gasteiger partial charge in [-0.3, -0.25) is 14.5 Å². The van der Waals surface area contributed by atoms with Crippen LogP contribution in [0, 0.1) is 12.7 Å². The summed E-state index contributed by atoms with van der Waals surface area (Å²) in [6.07, 6.45) is 0. The van der Waals surface area contributed by atoms with Crippen LogP contribution in [0.2, 0.25) is 5.02 Å². The number of halogens is 2. The number of aliphatic hydroxyl groups excluding tert-OH is 1. The first-order valence-electron chi connectivity index (χ1n) is 8.62. The second-order valence-electron chi connectivity index (χ2n) is 6.53. The van der Waals surface area contributed by atoms with Gasteiger partial charge in [-0.25, -0.2) is 4.39 Å². The summed E-state index contributed by atoms with van der Waals surface area (Å²) >= 11 is 6.11. The molecule has 2 heterocycles. The largest absolute Gasteiger partial charge is 0.507 e. The number of amides is 1. The van der Waals surface area contributed by atoms with E-state index in [2.05, 4.69) is 5.16 Å². The lowest BCUT2D eigenvalue weighted by molar-refractivity contribution is -0.132. The first kappa shape index (κ1) is 18.9. The van der Waals surface area contributed by atoms with Gasteiger partial charge in [0, 0.05) is 16.7 Å². The molecule has 0 radical (unpaired) electrons. The molecule has 2 aromatic carbocycles. The summed E-state index contributed by atoms with van der Waals surface area (Å²) in [6.45, 7) is 1.65. The van der Waals surface area contributed by atoms with E-state index >= 15 is 0 Å². The Morgan fingerprint density at radius 3 is 2.52 bits per heavy atom. The predicted octanol–water partition coefficient (Wildman–Crippen LogP) is 4.40. The van der Waals surface area contributed by atoms with Crippen LogP contribution in [0.1, 0.15) is 22.9 Å². The Morgan fingerprint density at radius 1 is 1.17 bits per heavy atom. The number of aryl methyl sites for hydroxylation is 1. The minimum Gasteiger partial charge on any atom is -0.507 e. The Morgan fingerprint density at radius 2 is 1.90 bits per heavy atom. The van der Waals surface area contributed by atoms with Crippen molar-refractivity contribution in [1.29, 1.82) is 0 Å².